The molecule has 3 N–H and O–H groups in total. The topological polar surface area (TPSA) is 96.5 Å². The summed E-state index contributed by atoms with van der Waals surface area (Å²) < 4.78 is 17.9. The van der Waals surface area contributed by atoms with Crippen LogP contribution in [-0.4, -0.2) is 30.1 Å². The SMILES string of the molecule is CC(C)(C)OC(=O)NCC(=O)Nc1ccc(CNC(=O)/C=C/c2ccc(F)cc2)cc1. The van der Waals surface area contributed by atoms with Gasteiger partial charge in [-0.2, -0.15) is 0 Å². The fourth-order valence-corrected chi connectivity index (χ4v) is 2.37. The zero-order valence-electron chi connectivity index (χ0n) is 17.7. The molecular weight excluding hydrogens is 401 g/mol. The van der Waals surface area contributed by atoms with Crippen LogP contribution in [0, 0.1) is 5.82 Å². The average molecular weight is 427 g/mol. The Balaban J connectivity index is 1.74. The van der Waals surface area contributed by atoms with Crippen LogP contribution in [0.5, 0.6) is 0 Å². The molecule has 0 aliphatic carbocycles. The van der Waals surface area contributed by atoms with Crippen LogP contribution in [0.4, 0.5) is 14.9 Å². The molecule has 0 bridgehead atoms. The zero-order valence-corrected chi connectivity index (χ0v) is 17.7. The maximum absolute atomic E-state index is 12.9. The first-order chi connectivity index (χ1) is 14.6. The quantitative estimate of drug-likeness (QED) is 0.588. The highest BCUT2D eigenvalue weighted by molar-refractivity contribution is 5.94. The van der Waals surface area contributed by atoms with Gasteiger partial charge >= 0.3 is 6.09 Å². The molecule has 0 aliphatic rings. The summed E-state index contributed by atoms with van der Waals surface area (Å²) in [5.41, 5.74) is 1.48. The Morgan fingerprint density at radius 2 is 1.61 bits per heavy atom. The Morgan fingerprint density at radius 3 is 2.23 bits per heavy atom. The number of carbonyl (C=O) groups excluding carboxylic acids is 3. The minimum absolute atomic E-state index is 0.215. The van der Waals surface area contributed by atoms with Crippen LogP contribution < -0.4 is 16.0 Å². The van der Waals surface area contributed by atoms with Gasteiger partial charge < -0.3 is 20.7 Å². The molecule has 0 atom stereocenters. The molecule has 0 saturated carbocycles. The minimum Gasteiger partial charge on any atom is -0.444 e. The molecule has 0 heterocycles. The van der Waals surface area contributed by atoms with E-state index in [-0.39, 0.29) is 18.3 Å². The predicted octanol–water partition coefficient (Wildman–Crippen LogP) is 3.62. The lowest BCUT2D eigenvalue weighted by atomic mass is 10.2. The number of hydrogen-bond acceptors (Lipinski definition) is 4. The number of anilines is 1. The molecule has 3 amide bonds. The first-order valence-electron chi connectivity index (χ1n) is 9.68. The van der Waals surface area contributed by atoms with Crippen LogP contribution in [-0.2, 0) is 20.9 Å². The molecule has 0 fully saturated rings. The van der Waals surface area contributed by atoms with Crippen molar-refractivity contribution in [2.45, 2.75) is 32.9 Å². The largest absolute Gasteiger partial charge is 0.444 e. The number of hydrogen-bond donors (Lipinski definition) is 3. The van der Waals surface area contributed by atoms with E-state index in [1.807, 2.05) is 0 Å². The van der Waals surface area contributed by atoms with Crippen molar-refractivity contribution in [1.29, 1.82) is 0 Å². The van der Waals surface area contributed by atoms with Crippen molar-refractivity contribution in [1.82, 2.24) is 10.6 Å². The Morgan fingerprint density at radius 1 is 0.968 bits per heavy atom. The van der Waals surface area contributed by atoms with Crippen molar-refractivity contribution in [3.8, 4) is 0 Å². The monoisotopic (exact) mass is 427 g/mol. The third-order valence-corrected chi connectivity index (χ3v) is 3.79. The van der Waals surface area contributed by atoms with Crippen LogP contribution in [0.15, 0.2) is 54.6 Å². The fourth-order valence-electron chi connectivity index (χ4n) is 2.37. The molecule has 0 aliphatic heterocycles. The van der Waals surface area contributed by atoms with Crippen molar-refractivity contribution < 1.29 is 23.5 Å². The van der Waals surface area contributed by atoms with Gasteiger partial charge in [0.2, 0.25) is 11.8 Å². The van der Waals surface area contributed by atoms with E-state index in [2.05, 4.69) is 16.0 Å². The summed E-state index contributed by atoms with van der Waals surface area (Å²) in [4.78, 5) is 35.4. The van der Waals surface area contributed by atoms with Gasteiger partial charge in [-0.15, -0.1) is 0 Å². The highest BCUT2D eigenvalue weighted by atomic mass is 19.1. The molecule has 0 radical (unpaired) electrons. The molecular formula is C23H26FN3O4. The van der Waals surface area contributed by atoms with E-state index in [0.717, 1.165) is 11.1 Å². The lowest BCUT2D eigenvalue weighted by Crippen LogP contribution is -2.37. The summed E-state index contributed by atoms with van der Waals surface area (Å²) in [6.07, 6.45) is 2.31. The molecule has 0 spiro atoms. The molecule has 0 saturated heterocycles. The Labute approximate surface area is 180 Å². The summed E-state index contributed by atoms with van der Waals surface area (Å²) in [6.45, 7) is 5.30. The van der Waals surface area contributed by atoms with Crippen molar-refractivity contribution in [3.05, 3.63) is 71.6 Å². The smallest absolute Gasteiger partial charge is 0.408 e. The molecule has 0 unspecified atom stereocenters. The molecule has 8 heteroatoms. The van der Waals surface area contributed by atoms with Gasteiger partial charge in [-0.05, 0) is 62.2 Å². The maximum atomic E-state index is 12.9. The zero-order chi connectivity index (χ0) is 22.9. The predicted molar refractivity (Wildman–Crippen MR) is 117 cm³/mol. The van der Waals surface area contributed by atoms with Gasteiger partial charge in [-0.1, -0.05) is 24.3 Å². The van der Waals surface area contributed by atoms with Crippen LogP contribution in [0.2, 0.25) is 0 Å². The van der Waals surface area contributed by atoms with E-state index in [4.69, 9.17) is 4.74 Å². The van der Waals surface area contributed by atoms with Gasteiger partial charge in [-0.3, -0.25) is 9.59 Å². The molecule has 2 aromatic rings. The number of benzene rings is 2. The third kappa shape index (κ3) is 9.58. The van der Waals surface area contributed by atoms with Crippen molar-refractivity contribution in [2.24, 2.45) is 0 Å². The van der Waals surface area contributed by atoms with Gasteiger partial charge in [0, 0.05) is 18.3 Å². The van der Waals surface area contributed by atoms with Crippen LogP contribution in [0.1, 0.15) is 31.9 Å². The van der Waals surface area contributed by atoms with Crippen molar-refractivity contribution in [2.75, 3.05) is 11.9 Å². The molecule has 164 valence electrons. The van der Waals surface area contributed by atoms with Gasteiger partial charge in [0.05, 0.1) is 0 Å². The van der Waals surface area contributed by atoms with Crippen LogP contribution >= 0.6 is 0 Å². The summed E-state index contributed by atoms with van der Waals surface area (Å²) in [5.74, 6) is -1.01. The minimum atomic E-state index is -0.665. The Bertz CT molecular complexity index is 933. The number of amides is 3. The number of carbonyl (C=O) groups is 3. The van der Waals surface area contributed by atoms with Gasteiger partial charge in [0.25, 0.3) is 0 Å². The van der Waals surface area contributed by atoms with Crippen LogP contribution in [0.3, 0.4) is 0 Å². The second kappa shape index (κ2) is 10.9. The molecule has 31 heavy (non-hydrogen) atoms. The maximum Gasteiger partial charge on any atom is 0.408 e. The Kier molecular flexibility index (Phi) is 8.31. The molecule has 0 aromatic heterocycles. The lowest BCUT2D eigenvalue weighted by molar-refractivity contribution is -0.117. The highest BCUT2D eigenvalue weighted by Crippen LogP contribution is 2.10. The second-order valence-electron chi connectivity index (χ2n) is 7.70. The first kappa shape index (κ1) is 23.6. The molecule has 7 nitrogen and oxygen atoms in total. The lowest BCUT2D eigenvalue weighted by Gasteiger charge is -2.19. The normalized spacial score (nSPS) is 11.1. The fraction of sp³-hybridized carbons (Fsp3) is 0.261. The average Bonchev–Trinajstić information content (AvgIpc) is 2.70. The van der Waals surface area contributed by atoms with Gasteiger partial charge in [-0.25, -0.2) is 9.18 Å². The van der Waals surface area contributed by atoms with Gasteiger partial charge in [0.15, 0.2) is 0 Å². The van der Waals surface area contributed by atoms with E-state index in [1.165, 1.54) is 18.2 Å². The molecule has 2 aromatic carbocycles. The van der Waals surface area contributed by atoms with E-state index in [1.54, 1.807) is 63.2 Å². The third-order valence-electron chi connectivity index (χ3n) is 3.79. The summed E-state index contributed by atoms with van der Waals surface area (Å²) in [5, 5.41) is 7.79. The number of ether oxygens (including phenoxy) is 1. The van der Waals surface area contributed by atoms with Gasteiger partial charge in [0.1, 0.15) is 18.0 Å². The van der Waals surface area contributed by atoms with Crippen molar-refractivity contribution in [3.63, 3.8) is 0 Å². The molecule has 2 rings (SSSR count). The number of halogens is 1. The van der Waals surface area contributed by atoms with E-state index in [0.29, 0.717) is 12.2 Å². The van der Waals surface area contributed by atoms with E-state index >= 15 is 0 Å². The number of alkyl carbamates (subject to hydrolysis) is 1. The highest BCUT2D eigenvalue weighted by Gasteiger charge is 2.16. The second-order valence-corrected chi connectivity index (χ2v) is 7.70. The standard InChI is InChI=1S/C23H26FN3O4/c1-23(2,3)31-22(30)26-15-21(29)27-19-11-6-17(7-12-19)14-25-20(28)13-8-16-4-9-18(24)10-5-16/h4-13H,14-15H2,1-3H3,(H,25,28)(H,26,30)(H,27,29)/b13-8+. The summed E-state index contributed by atoms with van der Waals surface area (Å²) in [7, 11) is 0. The first-order valence-corrected chi connectivity index (χ1v) is 9.68. The Hall–Kier alpha value is -3.68. The number of rotatable bonds is 7. The summed E-state index contributed by atoms with van der Waals surface area (Å²) in [6, 6.07) is 12.7. The summed E-state index contributed by atoms with van der Waals surface area (Å²) >= 11 is 0. The number of nitrogens with one attached hydrogen (secondary N) is 3. The van der Waals surface area contributed by atoms with E-state index < -0.39 is 17.6 Å². The van der Waals surface area contributed by atoms with Crippen molar-refractivity contribution >= 4 is 29.7 Å². The van der Waals surface area contributed by atoms with Crippen LogP contribution in [0.25, 0.3) is 6.08 Å². The van der Waals surface area contributed by atoms with E-state index in [9.17, 15) is 18.8 Å².